The van der Waals surface area contributed by atoms with Gasteiger partial charge in [-0.1, -0.05) is 26.0 Å². The van der Waals surface area contributed by atoms with E-state index in [2.05, 4.69) is 20.3 Å². The quantitative estimate of drug-likeness (QED) is 0.681. The number of alkyl halides is 2. The largest absolute Gasteiger partial charge is 0.435 e. The number of carbonyl (C=O) groups excluding carboxylic acids is 1. The van der Waals surface area contributed by atoms with Crippen LogP contribution in [-0.4, -0.2) is 34.8 Å². The van der Waals surface area contributed by atoms with Crippen molar-refractivity contribution in [3.63, 3.8) is 0 Å². The van der Waals surface area contributed by atoms with Crippen LogP contribution in [0.25, 0.3) is 11.3 Å². The SMILES string of the molecule is CCC(N)(CC)CNC(=O)c1cn[nH]c1-c1cccc(OC(F)F)c1. The molecule has 1 aromatic heterocycles. The molecule has 1 heterocycles. The first-order valence-corrected chi connectivity index (χ1v) is 8.04. The topological polar surface area (TPSA) is 93.0 Å². The Morgan fingerprint density at radius 1 is 1.40 bits per heavy atom. The molecule has 0 unspecified atom stereocenters. The van der Waals surface area contributed by atoms with Crippen molar-refractivity contribution in [1.29, 1.82) is 0 Å². The van der Waals surface area contributed by atoms with E-state index in [1.54, 1.807) is 12.1 Å². The van der Waals surface area contributed by atoms with Gasteiger partial charge < -0.3 is 15.8 Å². The summed E-state index contributed by atoms with van der Waals surface area (Å²) in [6.45, 7) is 1.35. The molecule has 4 N–H and O–H groups in total. The summed E-state index contributed by atoms with van der Waals surface area (Å²) in [5, 5.41) is 9.42. The normalized spacial score (nSPS) is 11.6. The lowest BCUT2D eigenvalue weighted by Gasteiger charge is -2.26. The van der Waals surface area contributed by atoms with Crippen molar-refractivity contribution >= 4 is 5.91 Å². The molecular formula is C17H22F2N4O2. The standard InChI is InChI=1S/C17H22F2N4O2/c1-3-17(20,4-2)10-21-15(24)13-9-22-23-14(13)11-6-5-7-12(8-11)25-16(18)19/h5-9,16H,3-4,10,20H2,1-2H3,(H,21,24)(H,22,23). The van der Waals surface area contributed by atoms with Crippen LogP contribution in [0, 0.1) is 0 Å². The Balaban J connectivity index is 2.18. The number of halogens is 2. The van der Waals surface area contributed by atoms with Crippen molar-refractivity contribution in [1.82, 2.24) is 15.5 Å². The van der Waals surface area contributed by atoms with E-state index in [-0.39, 0.29) is 11.7 Å². The highest BCUT2D eigenvalue weighted by Gasteiger charge is 2.23. The highest BCUT2D eigenvalue weighted by molar-refractivity contribution is 5.99. The minimum atomic E-state index is -2.92. The first-order valence-electron chi connectivity index (χ1n) is 8.04. The van der Waals surface area contributed by atoms with E-state index in [1.165, 1.54) is 18.3 Å². The van der Waals surface area contributed by atoms with Gasteiger partial charge in [0.2, 0.25) is 0 Å². The highest BCUT2D eigenvalue weighted by atomic mass is 19.3. The molecule has 25 heavy (non-hydrogen) atoms. The summed E-state index contributed by atoms with van der Waals surface area (Å²) in [6, 6.07) is 6.07. The Hall–Kier alpha value is -2.48. The van der Waals surface area contributed by atoms with Crippen LogP contribution in [0.5, 0.6) is 5.75 Å². The summed E-state index contributed by atoms with van der Waals surface area (Å²) >= 11 is 0. The van der Waals surface area contributed by atoms with E-state index in [4.69, 9.17) is 5.73 Å². The van der Waals surface area contributed by atoms with Gasteiger partial charge in [-0.05, 0) is 25.0 Å². The maximum absolute atomic E-state index is 12.5. The van der Waals surface area contributed by atoms with Gasteiger partial charge in [0, 0.05) is 17.6 Å². The van der Waals surface area contributed by atoms with E-state index in [0.717, 1.165) is 12.8 Å². The van der Waals surface area contributed by atoms with E-state index < -0.39 is 12.2 Å². The zero-order valence-corrected chi connectivity index (χ0v) is 14.2. The van der Waals surface area contributed by atoms with Gasteiger partial charge in [-0.3, -0.25) is 9.89 Å². The molecule has 1 aromatic carbocycles. The monoisotopic (exact) mass is 352 g/mol. The van der Waals surface area contributed by atoms with Crippen molar-refractivity contribution in [2.75, 3.05) is 6.54 Å². The lowest BCUT2D eigenvalue weighted by atomic mass is 9.94. The fourth-order valence-corrected chi connectivity index (χ4v) is 2.36. The molecule has 0 aliphatic carbocycles. The number of amides is 1. The molecule has 6 nitrogen and oxygen atoms in total. The molecule has 0 saturated carbocycles. The van der Waals surface area contributed by atoms with Crippen LogP contribution >= 0.6 is 0 Å². The van der Waals surface area contributed by atoms with E-state index in [1.807, 2.05) is 13.8 Å². The van der Waals surface area contributed by atoms with Crippen LogP contribution in [0.1, 0.15) is 37.0 Å². The predicted octanol–water partition coefficient (Wildman–Crippen LogP) is 2.93. The smallest absolute Gasteiger partial charge is 0.387 e. The summed E-state index contributed by atoms with van der Waals surface area (Å²) in [5.41, 5.74) is 6.97. The lowest BCUT2D eigenvalue weighted by Crippen LogP contribution is -2.49. The van der Waals surface area contributed by atoms with Crippen LogP contribution in [0.15, 0.2) is 30.5 Å². The summed E-state index contributed by atoms with van der Waals surface area (Å²) in [6.07, 6.45) is 2.85. The third-order valence-corrected chi connectivity index (χ3v) is 4.24. The van der Waals surface area contributed by atoms with Crippen molar-refractivity contribution in [3.05, 3.63) is 36.0 Å². The number of aromatic amines is 1. The number of nitrogens with zero attached hydrogens (tertiary/aromatic N) is 1. The second-order valence-corrected chi connectivity index (χ2v) is 5.82. The zero-order chi connectivity index (χ0) is 18.4. The summed E-state index contributed by atoms with van der Waals surface area (Å²) < 4.78 is 29.1. The Bertz CT molecular complexity index is 714. The molecule has 2 aromatic rings. The third kappa shape index (κ3) is 4.76. The zero-order valence-electron chi connectivity index (χ0n) is 14.2. The van der Waals surface area contributed by atoms with Gasteiger partial charge in [0.1, 0.15) is 5.75 Å². The average Bonchev–Trinajstić information content (AvgIpc) is 3.09. The average molecular weight is 352 g/mol. The highest BCUT2D eigenvalue weighted by Crippen LogP contribution is 2.26. The molecule has 2 rings (SSSR count). The van der Waals surface area contributed by atoms with Crippen LogP contribution in [0.2, 0.25) is 0 Å². The molecule has 0 bridgehead atoms. The van der Waals surface area contributed by atoms with Crippen LogP contribution < -0.4 is 15.8 Å². The minimum Gasteiger partial charge on any atom is -0.435 e. The minimum absolute atomic E-state index is 0.00593. The maximum atomic E-state index is 12.5. The number of nitrogens with one attached hydrogen (secondary N) is 2. The third-order valence-electron chi connectivity index (χ3n) is 4.24. The number of rotatable bonds is 8. The maximum Gasteiger partial charge on any atom is 0.387 e. The van der Waals surface area contributed by atoms with Gasteiger partial charge in [0.05, 0.1) is 17.5 Å². The van der Waals surface area contributed by atoms with Crippen LogP contribution in [0.3, 0.4) is 0 Å². The number of hydrogen-bond donors (Lipinski definition) is 3. The van der Waals surface area contributed by atoms with Crippen LogP contribution in [0.4, 0.5) is 8.78 Å². The Morgan fingerprint density at radius 2 is 2.12 bits per heavy atom. The second kappa shape index (κ2) is 8.06. The van der Waals surface area contributed by atoms with Gasteiger partial charge in [-0.2, -0.15) is 13.9 Å². The Labute approximate surface area is 144 Å². The first-order chi connectivity index (χ1) is 11.9. The van der Waals surface area contributed by atoms with Gasteiger partial charge in [0.25, 0.3) is 5.91 Å². The number of H-pyrrole nitrogens is 1. The van der Waals surface area contributed by atoms with E-state index >= 15 is 0 Å². The predicted molar refractivity (Wildman–Crippen MR) is 90.5 cm³/mol. The summed E-state index contributed by atoms with van der Waals surface area (Å²) in [5.74, 6) is -0.327. The molecule has 136 valence electrons. The number of nitrogens with two attached hydrogens (primary N) is 1. The van der Waals surface area contributed by atoms with Crippen LogP contribution in [-0.2, 0) is 0 Å². The van der Waals surface area contributed by atoms with Crippen molar-refractivity contribution in [2.24, 2.45) is 5.73 Å². The molecule has 0 aliphatic heterocycles. The molecule has 0 fully saturated rings. The first kappa shape index (κ1) is 18.9. The number of ether oxygens (including phenoxy) is 1. The summed E-state index contributed by atoms with van der Waals surface area (Å²) in [4.78, 5) is 12.5. The molecule has 0 atom stereocenters. The molecule has 0 radical (unpaired) electrons. The number of hydrogen-bond acceptors (Lipinski definition) is 4. The van der Waals surface area contributed by atoms with E-state index in [0.29, 0.717) is 23.4 Å². The van der Waals surface area contributed by atoms with Gasteiger partial charge >= 0.3 is 6.61 Å². The van der Waals surface area contributed by atoms with Crippen molar-refractivity contribution in [2.45, 2.75) is 38.8 Å². The Morgan fingerprint density at radius 3 is 2.76 bits per heavy atom. The summed E-state index contributed by atoms with van der Waals surface area (Å²) in [7, 11) is 0. The molecular weight excluding hydrogens is 330 g/mol. The number of benzene rings is 1. The molecule has 0 saturated heterocycles. The molecule has 0 aliphatic rings. The van der Waals surface area contributed by atoms with Gasteiger partial charge in [0.15, 0.2) is 0 Å². The fourth-order valence-electron chi connectivity index (χ4n) is 2.36. The number of aromatic nitrogens is 2. The molecule has 1 amide bonds. The molecule has 0 spiro atoms. The van der Waals surface area contributed by atoms with Gasteiger partial charge in [-0.15, -0.1) is 0 Å². The van der Waals surface area contributed by atoms with Gasteiger partial charge in [-0.25, -0.2) is 0 Å². The second-order valence-electron chi connectivity index (χ2n) is 5.82. The van der Waals surface area contributed by atoms with Crippen molar-refractivity contribution in [3.8, 4) is 17.0 Å². The lowest BCUT2D eigenvalue weighted by molar-refractivity contribution is -0.0498. The van der Waals surface area contributed by atoms with E-state index in [9.17, 15) is 13.6 Å². The Kier molecular flexibility index (Phi) is 6.08. The van der Waals surface area contributed by atoms with Crippen molar-refractivity contribution < 1.29 is 18.3 Å². The molecule has 8 heteroatoms. The fraction of sp³-hybridized carbons (Fsp3) is 0.412. The number of carbonyl (C=O) groups is 1.